The van der Waals surface area contributed by atoms with Crippen LogP contribution in [0.2, 0.25) is 5.02 Å². The first-order valence-electron chi connectivity index (χ1n) is 5.49. The highest BCUT2D eigenvalue weighted by molar-refractivity contribution is 6.31. The van der Waals surface area contributed by atoms with E-state index in [-0.39, 0.29) is 5.92 Å². The van der Waals surface area contributed by atoms with Gasteiger partial charge < -0.3 is 0 Å². The maximum Gasteiger partial charge on any atom is 0.0631 e. The number of benzene rings is 1. The van der Waals surface area contributed by atoms with Crippen LogP contribution in [0.4, 0.5) is 0 Å². The summed E-state index contributed by atoms with van der Waals surface area (Å²) in [6.07, 6.45) is 2.75. The average Bonchev–Trinajstić information content (AvgIpc) is 2.73. The van der Waals surface area contributed by atoms with E-state index >= 15 is 0 Å². The van der Waals surface area contributed by atoms with Crippen molar-refractivity contribution < 1.29 is 0 Å². The smallest absolute Gasteiger partial charge is 0.0631 e. The lowest BCUT2D eigenvalue weighted by atomic mass is 9.96. The predicted octanol–water partition coefficient (Wildman–Crippen LogP) is 3.64. The topological polar surface area (TPSA) is 17.8 Å². The SMILES string of the molecule is Cn1ccc(CC(CCl)c2ccccc2Cl)n1. The highest BCUT2D eigenvalue weighted by Crippen LogP contribution is 2.27. The summed E-state index contributed by atoms with van der Waals surface area (Å²) in [4.78, 5) is 0. The van der Waals surface area contributed by atoms with E-state index in [1.165, 1.54) is 0 Å². The number of aryl methyl sites for hydroxylation is 1. The monoisotopic (exact) mass is 268 g/mol. The van der Waals surface area contributed by atoms with Crippen molar-refractivity contribution in [3.8, 4) is 0 Å². The van der Waals surface area contributed by atoms with Crippen LogP contribution in [0.3, 0.4) is 0 Å². The van der Waals surface area contributed by atoms with Gasteiger partial charge in [-0.25, -0.2) is 0 Å². The molecule has 2 rings (SSSR count). The summed E-state index contributed by atoms with van der Waals surface area (Å²) >= 11 is 12.2. The lowest BCUT2D eigenvalue weighted by Crippen LogP contribution is -2.06. The van der Waals surface area contributed by atoms with Gasteiger partial charge in [0.1, 0.15) is 0 Å². The molecule has 0 aliphatic heterocycles. The summed E-state index contributed by atoms with van der Waals surface area (Å²) in [5.74, 6) is 0.751. The van der Waals surface area contributed by atoms with Crippen molar-refractivity contribution in [1.82, 2.24) is 9.78 Å². The molecule has 90 valence electrons. The van der Waals surface area contributed by atoms with Crippen molar-refractivity contribution in [1.29, 1.82) is 0 Å². The molecule has 1 aromatic heterocycles. The first-order valence-corrected chi connectivity index (χ1v) is 6.41. The zero-order chi connectivity index (χ0) is 12.3. The molecule has 0 radical (unpaired) electrons. The molecule has 2 nitrogen and oxygen atoms in total. The number of rotatable bonds is 4. The third-order valence-corrected chi connectivity index (χ3v) is 3.47. The van der Waals surface area contributed by atoms with Gasteiger partial charge in [0.05, 0.1) is 5.69 Å². The largest absolute Gasteiger partial charge is 0.276 e. The number of hydrogen-bond acceptors (Lipinski definition) is 1. The molecule has 1 heterocycles. The van der Waals surface area contributed by atoms with Crippen LogP contribution >= 0.6 is 23.2 Å². The molecule has 0 bridgehead atoms. The standard InChI is InChI=1S/C13H14Cl2N2/c1-17-7-6-11(16-17)8-10(9-14)12-4-2-3-5-13(12)15/h2-7,10H,8-9H2,1H3. The zero-order valence-corrected chi connectivity index (χ0v) is 11.1. The van der Waals surface area contributed by atoms with E-state index in [4.69, 9.17) is 23.2 Å². The van der Waals surface area contributed by atoms with Gasteiger partial charge in [0.15, 0.2) is 0 Å². The summed E-state index contributed by atoms with van der Waals surface area (Å²) in [5.41, 5.74) is 2.13. The van der Waals surface area contributed by atoms with Gasteiger partial charge in [0.25, 0.3) is 0 Å². The van der Waals surface area contributed by atoms with Gasteiger partial charge in [-0.15, -0.1) is 11.6 Å². The third kappa shape index (κ3) is 3.02. The fourth-order valence-corrected chi connectivity index (χ4v) is 2.44. The third-order valence-electron chi connectivity index (χ3n) is 2.76. The van der Waals surface area contributed by atoms with Crippen molar-refractivity contribution in [3.05, 3.63) is 52.8 Å². The van der Waals surface area contributed by atoms with E-state index in [1.54, 1.807) is 4.68 Å². The van der Waals surface area contributed by atoms with Crippen LogP contribution in [0.15, 0.2) is 36.5 Å². The molecule has 1 unspecified atom stereocenters. The Morgan fingerprint density at radius 1 is 1.29 bits per heavy atom. The Balaban J connectivity index is 2.20. The Labute approximate surface area is 111 Å². The summed E-state index contributed by atoms with van der Waals surface area (Å²) in [6.45, 7) is 0. The number of hydrogen-bond donors (Lipinski definition) is 0. The maximum atomic E-state index is 6.18. The van der Waals surface area contributed by atoms with Crippen molar-refractivity contribution >= 4 is 23.2 Å². The minimum atomic E-state index is 0.209. The fourth-order valence-electron chi connectivity index (χ4n) is 1.88. The van der Waals surface area contributed by atoms with Crippen LogP contribution < -0.4 is 0 Å². The molecular formula is C13H14Cl2N2. The van der Waals surface area contributed by atoms with E-state index in [0.717, 1.165) is 22.7 Å². The molecule has 1 aromatic carbocycles. The van der Waals surface area contributed by atoms with E-state index < -0.39 is 0 Å². The first kappa shape index (κ1) is 12.5. The Kier molecular flexibility index (Phi) is 4.08. The van der Waals surface area contributed by atoms with Gasteiger partial charge in [0, 0.05) is 30.1 Å². The van der Waals surface area contributed by atoms with Crippen molar-refractivity contribution in [2.45, 2.75) is 12.3 Å². The van der Waals surface area contributed by atoms with Crippen molar-refractivity contribution in [3.63, 3.8) is 0 Å². The average molecular weight is 269 g/mol. The van der Waals surface area contributed by atoms with E-state index in [1.807, 2.05) is 43.6 Å². The molecule has 0 aliphatic rings. The minimum absolute atomic E-state index is 0.209. The maximum absolute atomic E-state index is 6.18. The zero-order valence-electron chi connectivity index (χ0n) is 9.61. The van der Waals surface area contributed by atoms with Crippen molar-refractivity contribution in [2.24, 2.45) is 7.05 Å². The molecule has 0 saturated heterocycles. The molecule has 0 N–H and O–H groups in total. The second kappa shape index (κ2) is 5.56. The lowest BCUT2D eigenvalue weighted by Gasteiger charge is -2.14. The fraction of sp³-hybridized carbons (Fsp3) is 0.308. The van der Waals surface area contributed by atoms with Gasteiger partial charge in [0.2, 0.25) is 0 Å². The van der Waals surface area contributed by atoms with E-state index in [0.29, 0.717) is 5.88 Å². The van der Waals surface area contributed by atoms with Gasteiger partial charge in [-0.1, -0.05) is 29.8 Å². The summed E-state index contributed by atoms with van der Waals surface area (Å²) in [7, 11) is 1.91. The van der Waals surface area contributed by atoms with Crippen LogP contribution in [0, 0.1) is 0 Å². The van der Waals surface area contributed by atoms with Crippen LogP contribution in [0.25, 0.3) is 0 Å². The first-order chi connectivity index (χ1) is 8.20. The van der Waals surface area contributed by atoms with Gasteiger partial charge in [-0.2, -0.15) is 5.10 Å². The normalized spacial score (nSPS) is 12.6. The summed E-state index contributed by atoms with van der Waals surface area (Å²) in [5, 5.41) is 5.14. The molecule has 4 heteroatoms. The molecule has 1 atom stereocenters. The van der Waals surface area contributed by atoms with Crippen LogP contribution in [0.1, 0.15) is 17.2 Å². The molecule has 2 aromatic rings. The minimum Gasteiger partial charge on any atom is -0.276 e. The quantitative estimate of drug-likeness (QED) is 0.775. The molecule has 0 amide bonds. The van der Waals surface area contributed by atoms with E-state index in [2.05, 4.69) is 5.10 Å². The Morgan fingerprint density at radius 3 is 2.65 bits per heavy atom. The predicted molar refractivity (Wildman–Crippen MR) is 71.8 cm³/mol. The molecule has 0 fully saturated rings. The summed E-state index contributed by atoms with van der Waals surface area (Å²) < 4.78 is 1.80. The molecule has 0 aliphatic carbocycles. The van der Waals surface area contributed by atoms with Gasteiger partial charge in [-0.05, 0) is 24.1 Å². The Bertz CT molecular complexity index is 494. The van der Waals surface area contributed by atoms with Crippen LogP contribution in [-0.2, 0) is 13.5 Å². The second-order valence-corrected chi connectivity index (χ2v) is 4.77. The lowest BCUT2D eigenvalue weighted by molar-refractivity contribution is 0.698. The molecule has 0 spiro atoms. The molecular weight excluding hydrogens is 255 g/mol. The highest BCUT2D eigenvalue weighted by Gasteiger charge is 2.15. The summed E-state index contributed by atoms with van der Waals surface area (Å²) in [6, 6.07) is 9.85. The second-order valence-electron chi connectivity index (χ2n) is 4.06. The Morgan fingerprint density at radius 2 is 2.06 bits per heavy atom. The van der Waals surface area contributed by atoms with Gasteiger partial charge in [-0.3, -0.25) is 4.68 Å². The van der Waals surface area contributed by atoms with Crippen molar-refractivity contribution in [2.75, 3.05) is 5.88 Å². The Hall–Kier alpha value is -0.990. The molecule has 17 heavy (non-hydrogen) atoms. The number of alkyl halides is 1. The number of halogens is 2. The van der Waals surface area contributed by atoms with E-state index in [9.17, 15) is 0 Å². The number of nitrogens with zero attached hydrogens (tertiary/aromatic N) is 2. The molecule has 0 saturated carbocycles. The van der Waals surface area contributed by atoms with Crippen LogP contribution in [-0.4, -0.2) is 15.7 Å². The highest BCUT2D eigenvalue weighted by atomic mass is 35.5. The van der Waals surface area contributed by atoms with Crippen LogP contribution in [0.5, 0.6) is 0 Å². The van der Waals surface area contributed by atoms with Gasteiger partial charge >= 0.3 is 0 Å². The number of aromatic nitrogens is 2.